The highest BCUT2D eigenvalue weighted by Gasteiger charge is 2.25. The van der Waals surface area contributed by atoms with Crippen LogP contribution in [0.15, 0.2) is 30.1 Å². The average Bonchev–Trinajstić information content (AvgIpc) is 2.44. The first-order chi connectivity index (χ1) is 7.15. The monoisotopic (exact) mass is 200 g/mol. The second kappa shape index (κ2) is 3.21. The number of benzene rings is 1. The van der Waals surface area contributed by atoms with Crippen LogP contribution in [0.1, 0.15) is 0 Å². The molecule has 1 aromatic carbocycles. The van der Waals surface area contributed by atoms with E-state index in [0.717, 1.165) is 22.9 Å². The second-order valence-corrected chi connectivity index (χ2v) is 3.50. The summed E-state index contributed by atoms with van der Waals surface area (Å²) in [7, 11) is 3.85. The zero-order valence-corrected chi connectivity index (χ0v) is 8.73. The van der Waals surface area contributed by atoms with Crippen molar-refractivity contribution in [1.82, 2.24) is 0 Å². The standard InChI is InChI=1S/C11H12N4/c1-14-9-4-3-8(13)7-10(9)15(2)11(14)5-6-12/h3-5,7H,13H2,1-2H3. The predicted molar refractivity (Wildman–Crippen MR) is 61.4 cm³/mol. The largest absolute Gasteiger partial charge is 0.399 e. The summed E-state index contributed by atoms with van der Waals surface area (Å²) in [5, 5.41) is 8.69. The lowest BCUT2D eigenvalue weighted by Crippen LogP contribution is -2.21. The van der Waals surface area contributed by atoms with Crippen molar-refractivity contribution in [1.29, 1.82) is 5.26 Å². The summed E-state index contributed by atoms with van der Waals surface area (Å²) in [4.78, 5) is 3.92. The molecule has 0 atom stereocenters. The fourth-order valence-electron chi connectivity index (χ4n) is 1.82. The summed E-state index contributed by atoms with van der Waals surface area (Å²) in [5.74, 6) is 0.859. The average molecular weight is 200 g/mol. The lowest BCUT2D eigenvalue weighted by atomic mass is 10.2. The number of fused-ring (bicyclic) bond motifs is 1. The molecule has 0 bridgehead atoms. The van der Waals surface area contributed by atoms with Gasteiger partial charge in [-0.25, -0.2) is 0 Å². The van der Waals surface area contributed by atoms with E-state index >= 15 is 0 Å². The van der Waals surface area contributed by atoms with Gasteiger partial charge >= 0.3 is 0 Å². The first kappa shape index (κ1) is 9.41. The summed E-state index contributed by atoms with van der Waals surface area (Å²) < 4.78 is 0. The molecule has 2 N–H and O–H groups in total. The van der Waals surface area contributed by atoms with Crippen molar-refractivity contribution in [2.45, 2.75) is 0 Å². The highest BCUT2D eigenvalue weighted by atomic mass is 15.4. The summed E-state index contributed by atoms with van der Waals surface area (Å²) in [6.07, 6.45) is 1.52. The highest BCUT2D eigenvalue weighted by molar-refractivity contribution is 5.84. The number of nitriles is 1. The van der Waals surface area contributed by atoms with Gasteiger partial charge in [0.1, 0.15) is 5.82 Å². The molecule has 0 aromatic heterocycles. The van der Waals surface area contributed by atoms with E-state index in [9.17, 15) is 0 Å². The number of nitrogens with two attached hydrogens (primary N) is 1. The van der Waals surface area contributed by atoms with Crippen molar-refractivity contribution in [2.75, 3.05) is 29.6 Å². The fraction of sp³-hybridized carbons (Fsp3) is 0.182. The van der Waals surface area contributed by atoms with E-state index < -0.39 is 0 Å². The van der Waals surface area contributed by atoms with Gasteiger partial charge < -0.3 is 15.5 Å². The van der Waals surface area contributed by atoms with E-state index in [1.807, 2.05) is 48.2 Å². The smallest absolute Gasteiger partial charge is 0.123 e. The summed E-state index contributed by atoms with van der Waals surface area (Å²) in [6.45, 7) is 0. The molecule has 4 heteroatoms. The van der Waals surface area contributed by atoms with Crippen LogP contribution in [-0.2, 0) is 0 Å². The van der Waals surface area contributed by atoms with Crippen LogP contribution in [0.3, 0.4) is 0 Å². The normalized spacial score (nSPS) is 16.7. The minimum Gasteiger partial charge on any atom is -0.399 e. The minimum absolute atomic E-state index is 0.729. The van der Waals surface area contributed by atoms with E-state index in [2.05, 4.69) is 0 Å². The Bertz CT molecular complexity index is 470. The van der Waals surface area contributed by atoms with Crippen molar-refractivity contribution >= 4 is 17.1 Å². The third kappa shape index (κ3) is 1.29. The second-order valence-electron chi connectivity index (χ2n) is 3.50. The first-order valence-electron chi connectivity index (χ1n) is 4.62. The van der Waals surface area contributed by atoms with Crippen molar-refractivity contribution in [3.05, 3.63) is 30.1 Å². The number of rotatable bonds is 0. The maximum absolute atomic E-state index is 8.69. The Hall–Kier alpha value is -2.15. The molecule has 0 aliphatic carbocycles. The van der Waals surface area contributed by atoms with Gasteiger partial charge in [-0.05, 0) is 18.2 Å². The van der Waals surface area contributed by atoms with E-state index in [4.69, 9.17) is 11.0 Å². The number of hydrogen-bond donors (Lipinski definition) is 1. The maximum atomic E-state index is 8.69. The SMILES string of the molecule is CN1C(=CC#N)N(C)c2cc(N)ccc21. The van der Waals surface area contributed by atoms with Crippen LogP contribution in [-0.4, -0.2) is 14.1 Å². The Morgan fingerprint density at radius 2 is 1.93 bits per heavy atom. The lowest BCUT2D eigenvalue weighted by molar-refractivity contribution is 1.05. The van der Waals surface area contributed by atoms with Gasteiger partial charge in [-0.1, -0.05) is 0 Å². The molecule has 0 saturated carbocycles. The van der Waals surface area contributed by atoms with Gasteiger partial charge in [0.05, 0.1) is 23.5 Å². The van der Waals surface area contributed by atoms with E-state index in [-0.39, 0.29) is 0 Å². The van der Waals surface area contributed by atoms with Crippen molar-refractivity contribution in [3.63, 3.8) is 0 Å². The van der Waals surface area contributed by atoms with Crippen LogP contribution in [0.2, 0.25) is 0 Å². The molecule has 0 saturated heterocycles. The van der Waals surface area contributed by atoms with Crippen LogP contribution in [0.4, 0.5) is 17.1 Å². The van der Waals surface area contributed by atoms with Crippen LogP contribution in [0.5, 0.6) is 0 Å². The number of nitrogens with zero attached hydrogens (tertiary/aromatic N) is 3. The summed E-state index contributed by atoms with van der Waals surface area (Å²) in [5.41, 5.74) is 8.55. The molecular formula is C11H12N4. The van der Waals surface area contributed by atoms with E-state index in [0.29, 0.717) is 0 Å². The maximum Gasteiger partial charge on any atom is 0.123 e. The molecule has 1 aromatic rings. The Kier molecular flexibility index (Phi) is 2.01. The molecule has 15 heavy (non-hydrogen) atoms. The zero-order valence-electron chi connectivity index (χ0n) is 8.73. The summed E-state index contributed by atoms with van der Waals surface area (Å²) in [6, 6.07) is 7.77. The molecule has 0 unspecified atom stereocenters. The molecule has 0 fully saturated rings. The van der Waals surface area contributed by atoms with Crippen LogP contribution < -0.4 is 15.5 Å². The third-order valence-corrected chi connectivity index (χ3v) is 2.60. The van der Waals surface area contributed by atoms with Crippen LogP contribution in [0.25, 0.3) is 0 Å². The molecular weight excluding hydrogens is 188 g/mol. The van der Waals surface area contributed by atoms with Gasteiger partial charge in [0.2, 0.25) is 0 Å². The highest BCUT2D eigenvalue weighted by Crippen LogP contribution is 2.40. The predicted octanol–water partition coefficient (Wildman–Crippen LogP) is 1.52. The lowest BCUT2D eigenvalue weighted by Gasteiger charge is -2.16. The number of hydrogen-bond acceptors (Lipinski definition) is 4. The minimum atomic E-state index is 0.729. The van der Waals surface area contributed by atoms with E-state index in [1.54, 1.807) is 0 Å². The zero-order chi connectivity index (χ0) is 11.0. The van der Waals surface area contributed by atoms with Gasteiger partial charge in [0, 0.05) is 19.8 Å². The summed E-state index contributed by atoms with van der Waals surface area (Å²) >= 11 is 0. The van der Waals surface area contributed by atoms with Gasteiger partial charge in [-0.3, -0.25) is 0 Å². The molecule has 2 rings (SSSR count). The Morgan fingerprint density at radius 3 is 2.60 bits per heavy atom. The molecule has 76 valence electrons. The quantitative estimate of drug-likeness (QED) is 0.509. The van der Waals surface area contributed by atoms with Gasteiger partial charge in [0.25, 0.3) is 0 Å². The van der Waals surface area contributed by atoms with Gasteiger partial charge in [0.15, 0.2) is 0 Å². The van der Waals surface area contributed by atoms with Crippen molar-refractivity contribution in [3.8, 4) is 6.07 Å². The molecule has 1 aliphatic heterocycles. The van der Waals surface area contributed by atoms with E-state index in [1.165, 1.54) is 6.08 Å². The van der Waals surface area contributed by atoms with Crippen molar-refractivity contribution < 1.29 is 0 Å². The van der Waals surface area contributed by atoms with Crippen LogP contribution >= 0.6 is 0 Å². The molecule has 4 nitrogen and oxygen atoms in total. The molecule has 0 radical (unpaired) electrons. The Balaban J connectivity index is 2.56. The number of anilines is 3. The van der Waals surface area contributed by atoms with Crippen molar-refractivity contribution in [2.24, 2.45) is 0 Å². The molecule has 1 aliphatic rings. The van der Waals surface area contributed by atoms with Gasteiger partial charge in [-0.2, -0.15) is 5.26 Å². The Morgan fingerprint density at radius 1 is 1.27 bits per heavy atom. The molecule has 0 amide bonds. The van der Waals surface area contributed by atoms with Crippen LogP contribution in [0, 0.1) is 11.3 Å². The number of allylic oxidation sites excluding steroid dienone is 1. The van der Waals surface area contributed by atoms with Gasteiger partial charge in [-0.15, -0.1) is 0 Å². The molecule has 0 spiro atoms. The molecule has 1 heterocycles. The topological polar surface area (TPSA) is 56.3 Å². The third-order valence-electron chi connectivity index (χ3n) is 2.60. The first-order valence-corrected chi connectivity index (χ1v) is 4.62. The fourth-order valence-corrected chi connectivity index (χ4v) is 1.82. The Labute approximate surface area is 88.8 Å². The number of nitrogen functional groups attached to an aromatic ring is 1.